The molecule has 0 aliphatic carbocycles. The van der Waals surface area contributed by atoms with Gasteiger partial charge in [-0.05, 0) is 41.3 Å². The Balaban J connectivity index is 1.06. The average Bonchev–Trinajstić information content (AvgIpc) is 3.54. The molecule has 0 saturated carbocycles. The fourth-order valence-electron chi connectivity index (χ4n) is 5.66. The van der Waals surface area contributed by atoms with Crippen molar-refractivity contribution in [2.24, 2.45) is 0 Å². The molecule has 8 nitrogen and oxygen atoms in total. The van der Waals surface area contributed by atoms with Crippen molar-refractivity contribution in [3.8, 4) is 11.3 Å². The molecule has 1 N–H and O–H groups in total. The van der Waals surface area contributed by atoms with Gasteiger partial charge in [0, 0.05) is 63.4 Å². The number of hydrogen-bond donors (Lipinski definition) is 1. The summed E-state index contributed by atoms with van der Waals surface area (Å²) in [6.45, 7) is 6.05. The van der Waals surface area contributed by atoms with Crippen LogP contribution in [0.1, 0.15) is 39.9 Å². The molecular weight excluding hydrogens is 468 g/mol. The Bertz CT molecular complexity index is 1330. The van der Waals surface area contributed by atoms with Crippen LogP contribution in [0.25, 0.3) is 11.3 Å². The molecule has 1 atom stereocenters. The van der Waals surface area contributed by atoms with Gasteiger partial charge in [0.2, 0.25) is 11.8 Å². The number of nitrogens with zero attached hydrogens (tertiary/aromatic N) is 3. The Hall–Kier alpha value is -3.75. The summed E-state index contributed by atoms with van der Waals surface area (Å²) in [5.41, 5.74) is 5.21. The van der Waals surface area contributed by atoms with Gasteiger partial charge in [-0.3, -0.25) is 29.5 Å². The molecule has 3 aromatic rings. The maximum Gasteiger partial charge on any atom is 0.255 e. The molecule has 3 amide bonds. The zero-order chi connectivity index (χ0) is 25.4. The first-order valence-electron chi connectivity index (χ1n) is 12.9. The van der Waals surface area contributed by atoms with Crippen molar-refractivity contribution in [1.82, 2.24) is 20.0 Å². The van der Waals surface area contributed by atoms with Gasteiger partial charge >= 0.3 is 0 Å². The molecule has 0 bridgehead atoms. The molecule has 3 aliphatic heterocycles. The summed E-state index contributed by atoms with van der Waals surface area (Å²) < 4.78 is 5.64. The maximum atomic E-state index is 12.9. The molecule has 37 heavy (non-hydrogen) atoms. The number of benzene rings is 2. The zero-order valence-corrected chi connectivity index (χ0v) is 20.7. The van der Waals surface area contributed by atoms with Crippen molar-refractivity contribution in [2.75, 3.05) is 26.2 Å². The van der Waals surface area contributed by atoms with Crippen LogP contribution in [0.15, 0.2) is 65.3 Å². The number of fused-ring (bicyclic) bond motifs is 1. The molecule has 0 spiro atoms. The van der Waals surface area contributed by atoms with E-state index in [2.05, 4.69) is 39.4 Å². The molecule has 1 aromatic heterocycles. The first kappa shape index (κ1) is 23.6. The molecule has 190 valence electrons. The second-order valence-corrected chi connectivity index (χ2v) is 10.1. The van der Waals surface area contributed by atoms with E-state index in [1.54, 1.807) is 11.2 Å². The van der Waals surface area contributed by atoms with Crippen molar-refractivity contribution in [3.63, 3.8) is 0 Å². The van der Waals surface area contributed by atoms with Gasteiger partial charge in [0.1, 0.15) is 11.8 Å². The largest absolute Gasteiger partial charge is 0.464 e. The van der Waals surface area contributed by atoms with Crippen LogP contribution in [-0.4, -0.2) is 64.6 Å². The van der Waals surface area contributed by atoms with Gasteiger partial charge in [-0.2, -0.15) is 0 Å². The van der Waals surface area contributed by atoms with E-state index in [1.165, 1.54) is 11.1 Å². The number of piperazine rings is 1. The first-order chi connectivity index (χ1) is 18.0. The van der Waals surface area contributed by atoms with E-state index in [1.807, 2.05) is 30.3 Å². The third-order valence-electron chi connectivity index (χ3n) is 7.66. The number of furan rings is 1. The minimum Gasteiger partial charge on any atom is -0.464 e. The van der Waals surface area contributed by atoms with E-state index >= 15 is 0 Å². The molecule has 8 heteroatoms. The summed E-state index contributed by atoms with van der Waals surface area (Å²) in [6.07, 6.45) is 2.36. The van der Waals surface area contributed by atoms with Gasteiger partial charge in [-0.25, -0.2) is 0 Å². The Kier molecular flexibility index (Phi) is 6.36. The van der Waals surface area contributed by atoms with Crippen LogP contribution in [0, 0.1) is 0 Å². The monoisotopic (exact) mass is 498 g/mol. The van der Waals surface area contributed by atoms with Gasteiger partial charge in [-0.1, -0.05) is 36.4 Å². The number of carbonyl (C=O) groups excluding carboxylic acids is 3. The highest BCUT2D eigenvalue weighted by Gasteiger charge is 2.39. The lowest BCUT2D eigenvalue weighted by atomic mass is 10.0. The van der Waals surface area contributed by atoms with Crippen LogP contribution in [0.2, 0.25) is 0 Å². The smallest absolute Gasteiger partial charge is 0.255 e. The Morgan fingerprint density at radius 2 is 1.65 bits per heavy atom. The summed E-state index contributed by atoms with van der Waals surface area (Å²) in [4.78, 5) is 43.3. The van der Waals surface area contributed by atoms with Crippen LogP contribution < -0.4 is 5.32 Å². The highest BCUT2D eigenvalue weighted by Crippen LogP contribution is 2.29. The van der Waals surface area contributed by atoms with Gasteiger partial charge in [-0.15, -0.1) is 0 Å². The van der Waals surface area contributed by atoms with E-state index in [9.17, 15) is 14.4 Å². The number of carbonyl (C=O) groups is 3. The zero-order valence-electron chi connectivity index (χ0n) is 20.7. The van der Waals surface area contributed by atoms with Crippen LogP contribution in [0.4, 0.5) is 0 Å². The fraction of sp³-hybridized carbons (Fsp3) is 0.345. The summed E-state index contributed by atoms with van der Waals surface area (Å²) in [6, 6.07) is 17.8. The third-order valence-corrected chi connectivity index (χ3v) is 7.66. The standard InChI is InChI=1S/C29H30N4O4/c34-27-10-9-25(28(35)30-27)33-19-22-16-20(7-8-24(22)29(33)36)17-31-11-13-32(14-12-31)18-21-4-1-2-5-23(21)26-6-3-15-37-26/h1-8,15-16,25H,9-14,17-19H2,(H,30,34,35). The Labute approximate surface area is 215 Å². The van der Waals surface area contributed by atoms with Crippen molar-refractivity contribution in [1.29, 1.82) is 0 Å². The van der Waals surface area contributed by atoms with Gasteiger partial charge in [0.15, 0.2) is 0 Å². The van der Waals surface area contributed by atoms with E-state index in [4.69, 9.17) is 4.42 Å². The van der Waals surface area contributed by atoms with Crippen molar-refractivity contribution >= 4 is 17.7 Å². The van der Waals surface area contributed by atoms with Crippen LogP contribution >= 0.6 is 0 Å². The summed E-state index contributed by atoms with van der Waals surface area (Å²) >= 11 is 0. The topological polar surface area (TPSA) is 86.1 Å². The van der Waals surface area contributed by atoms with Crippen molar-refractivity contribution < 1.29 is 18.8 Å². The number of amides is 3. The molecule has 1 unspecified atom stereocenters. The second-order valence-electron chi connectivity index (χ2n) is 10.1. The van der Waals surface area contributed by atoms with E-state index < -0.39 is 6.04 Å². The fourth-order valence-corrected chi connectivity index (χ4v) is 5.66. The maximum absolute atomic E-state index is 12.9. The van der Waals surface area contributed by atoms with Gasteiger partial charge in [0.05, 0.1) is 6.26 Å². The normalized spacial score (nSPS) is 20.8. The summed E-state index contributed by atoms with van der Waals surface area (Å²) in [5, 5.41) is 2.36. The Morgan fingerprint density at radius 1 is 0.865 bits per heavy atom. The quantitative estimate of drug-likeness (QED) is 0.526. The molecular formula is C29H30N4O4. The van der Waals surface area contributed by atoms with E-state index in [-0.39, 0.29) is 24.1 Å². The molecule has 3 aliphatic rings. The minimum atomic E-state index is -0.577. The Morgan fingerprint density at radius 3 is 2.41 bits per heavy atom. The van der Waals surface area contributed by atoms with Gasteiger partial charge in [0.25, 0.3) is 5.91 Å². The number of nitrogens with one attached hydrogen (secondary N) is 1. The van der Waals surface area contributed by atoms with E-state index in [0.29, 0.717) is 18.5 Å². The predicted octanol–water partition coefficient (Wildman–Crippen LogP) is 3.03. The molecule has 2 aromatic carbocycles. The minimum absolute atomic E-state index is 0.125. The average molecular weight is 499 g/mol. The second kappa shape index (κ2) is 9.95. The summed E-state index contributed by atoms with van der Waals surface area (Å²) in [5.74, 6) is 0.136. The van der Waals surface area contributed by atoms with E-state index in [0.717, 1.165) is 56.2 Å². The number of rotatable bonds is 6. The summed E-state index contributed by atoms with van der Waals surface area (Å²) in [7, 11) is 0. The number of imide groups is 1. The molecule has 6 rings (SSSR count). The molecule has 4 heterocycles. The van der Waals surface area contributed by atoms with Crippen LogP contribution in [-0.2, 0) is 29.2 Å². The van der Waals surface area contributed by atoms with Crippen molar-refractivity contribution in [3.05, 3.63) is 83.1 Å². The predicted molar refractivity (Wildman–Crippen MR) is 137 cm³/mol. The lowest BCUT2D eigenvalue weighted by Crippen LogP contribution is -2.52. The van der Waals surface area contributed by atoms with Crippen LogP contribution in [0.3, 0.4) is 0 Å². The highest BCUT2D eigenvalue weighted by molar-refractivity contribution is 6.05. The van der Waals surface area contributed by atoms with Crippen molar-refractivity contribution in [2.45, 2.75) is 38.5 Å². The molecule has 2 fully saturated rings. The number of hydrogen-bond acceptors (Lipinski definition) is 6. The lowest BCUT2D eigenvalue weighted by Gasteiger charge is -2.35. The SMILES string of the molecule is O=C1CCC(N2Cc3cc(CN4CCN(Cc5ccccc5-c5ccco5)CC4)ccc3C2=O)C(=O)N1. The first-order valence-corrected chi connectivity index (χ1v) is 12.9. The van der Waals surface area contributed by atoms with Crippen LogP contribution in [0.5, 0.6) is 0 Å². The lowest BCUT2D eigenvalue weighted by molar-refractivity contribution is -0.136. The highest BCUT2D eigenvalue weighted by atomic mass is 16.3. The van der Waals surface area contributed by atoms with Gasteiger partial charge < -0.3 is 9.32 Å². The third kappa shape index (κ3) is 4.82. The molecule has 0 radical (unpaired) electrons. The molecule has 2 saturated heterocycles. The number of piperidine rings is 1.